The van der Waals surface area contributed by atoms with E-state index in [0.717, 1.165) is 5.39 Å². The molecule has 0 aliphatic carbocycles. The largest absolute Gasteiger partial charge is 0.234 e. The van der Waals surface area contributed by atoms with E-state index in [2.05, 4.69) is 43.1 Å². The molecule has 0 aliphatic heterocycles. The predicted octanol–water partition coefficient (Wildman–Crippen LogP) is 3.73. The van der Waals surface area contributed by atoms with Crippen LogP contribution in [0.3, 0.4) is 0 Å². The summed E-state index contributed by atoms with van der Waals surface area (Å²) in [6.45, 7) is 0. The van der Waals surface area contributed by atoms with Gasteiger partial charge in [-0.25, -0.2) is 8.84 Å². The van der Waals surface area contributed by atoms with Crippen LogP contribution in [0.25, 0.3) is 10.9 Å². The van der Waals surface area contributed by atoms with Crippen LogP contribution in [0.5, 0.6) is 0 Å². The fourth-order valence-electron chi connectivity index (χ4n) is 1.12. The molecule has 0 bridgehead atoms. The molecule has 0 saturated heterocycles. The number of hydrogen-bond donors (Lipinski definition) is 0. The third kappa shape index (κ3) is 1.62. The molecule has 2 nitrogen and oxygen atoms in total. The Morgan fingerprint density at radius 2 is 2.31 bits per heavy atom. The van der Waals surface area contributed by atoms with Gasteiger partial charge in [-0.15, -0.1) is 0 Å². The Hall–Kier alpha value is 0.260. The number of benzene rings is 1. The first-order valence-corrected chi connectivity index (χ1v) is 8.28. The minimum absolute atomic E-state index is 0.237. The van der Waals surface area contributed by atoms with E-state index in [9.17, 15) is 4.39 Å². The molecule has 0 aliphatic rings. The summed E-state index contributed by atoms with van der Waals surface area (Å²) >= 11 is 5.32. The van der Waals surface area contributed by atoms with Crippen LogP contribution < -0.4 is 0 Å². The van der Waals surface area contributed by atoms with Crippen LogP contribution in [0.15, 0.2) is 22.8 Å². The number of aromatic nitrogens is 2. The molecule has 0 saturated carbocycles. The average molecular weight is 373 g/mol. The molecule has 0 spiro atoms. The highest BCUT2D eigenvalue weighted by molar-refractivity contribution is 14.2. The van der Waals surface area contributed by atoms with Gasteiger partial charge in [-0.1, -0.05) is 0 Å². The van der Waals surface area contributed by atoms with Gasteiger partial charge < -0.3 is 0 Å². The zero-order valence-corrected chi connectivity index (χ0v) is 11.0. The molecule has 2 aromatic rings. The van der Waals surface area contributed by atoms with Crippen molar-refractivity contribution in [2.75, 3.05) is 0 Å². The Kier molecular flexibility index (Phi) is 2.86. The van der Waals surface area contributed by atoms with Gasteiger partial charge in [0.25, 0.3) is 0 Å². The molecule has 1 unspecified atom stereocenters. The SMILES string of the molecule is Fc1c(Br)ccc2cnn(PI)c12. The summed E-state index contributed by atoms with van der Waals surface area (Å²) in [7, 11) is 0. The summed E-state index contributed by atoms with van der Waals surface area (Å²) in [6.07, 6.45) is 2.09. The quantitative estimate of drug-likeness (QED) is 0.551. The lowest BCUT2D eigenvalue weighted by Crippen LogP contribution is -1.87. The van der Waals surface area contributed by atoms with Crippen LogP contribution in [0.2, 0.25) is 0 Å². The molecule has 13 heavy (non-hydrogen) atoms. The number of halogens is 3. The Morgan fingerprint density at radius 1 is 1.54 bits per heavy atom. The normalized spacial score (nSPS) is 11.9. The molecular weight excluding hydrogens is 369 g/mol. The molecule has 1 aromatic heterocycles. The van der Waals surface area contributed by atoms with Crippen LogP contribution in [0.1, 0.15) is 0 Å². The van der Waals surface area contributed by atoms with E-state index in [0.29, 0.717) is 16.4 Å². The molecule has 68 valence electrons. The van der Waals surface area contributed by atoms with Crippen molar-refractivity contribution < 1.29 is 4.39 Å². The van der Waals surface area contributed by atoms with Crippen LogP contribution >= 0.6 is 44.3 Å². The topological polar surface area (TPSA) is 17.8 Å². The summed E-state index contributed by atoms with van der Waals surface area (Å²) in [5.41, 5.74) is 0.571. The minimum Gasteiger partial charge on any atom is -0.234 e. The highest BCUT2D eigenvalue weighted by Gasteiger charge is 2.10. The predicted molar refractivity (Wildman–Crippen MR) is 65.1 cm³/mol. The van der Waals surface area contributed by atoms with Crippen LogP contribution in [0.4, 0.5) is 4.39 Å². The van der Waals surface area contributed by atoms with Crippen molar-refractivity contribution in [2.24, 2.45) is 0 Å². The first kappa shape index (κ1) is 9.80. The Labute approximate surface area is 97.3 Å². The molecule has 2 rings (SSSR count). The zero-order valence-electron chi connectivity index (χ0n) is 6.26. The first-order valence-electron chi connectivity index (χ1n) is 3.42. The van der Waals surface area contributed by atoms with Crippen LogP contribution in [0, 0.1) is 5.82 Å². The van der Waals surface area contributed by atoms with Crippen molar-refractivity contribution in [1.82, 2.24) is 9.55 Å². The second kappa shape index (κ2) is 3.79. The number of nitrogens with zero attached hydrogens (tertiary/aromatic N) is 2. The van der Waals surface area contributed by atoms with Gasteiger partial charge in [0.05, 0.1) is 17.0 Å². The van der Waals surface area contributed by atoms with Gasteiger partial charge in [0, 0.05) is 5.39 Å². The minimum atomic E-state index is -0.237. The molecular formula is C7H4BrFIN2P. The lowest BCUT2D eigenvalue weighted by molar-refractivity contribution is 0.628. The van der Waals surface area contributed by atoms with Crippen molar-refractivity contribution in [3.63, 3.8) is 0 Å². The maximum absolute atomic E-state index is 13.6. The molecule has 6 heteroatoms. The van der Waals surface area contributed by atoms with Gasteiger partial charge in [0.15, 0.2) is 5.82 Å². The van der Waals surface area contributed by atoms with Gasteiger partial charge in [-0.05, 0) is 50.1 Å². The molecule has 0 N–H and O–H groups in total. The molecule has 1 atom stereocenters. The van der Waals surface area contributed by atoms with E-state index < -0.39 is 0 Å². The van der Waals surface area contributed by atoms with Crippen molar-refractivity contribution in [2.45, 2.75) is 0 Å². The molecule has 0 fully saturated rings. The lowest BCUT2D eigenvalue weighted by atomic mass is 10.2. The van der Waals surface area contributed by atoms with E-state index >= 15 is 0 Å². The van der Waals surface area contributed by atoms with Crippen molar-refractivity contribution in [1.29, 1.82) is 0 Å². The number of fused-ring (bicyclic) bond motifs is 1. The molecule has 1 aromatic carbocycles. The third-order valence-corrected chi connectivity index (χ3v) is 4.19. The van der Waals surface area contributed by atoms with Gasteiger partial charge in [0.1, 0.15) is 5.52 Å². The van der Waals surface area contributed by atoms with Crippen molar-refractivity contribution in [3.8, 4) is 0 Å². The molecule has 0 radical (unpaired) electrons. The summed E-state index contributed by atoms with van der Waals surface area (Å²) in [6, 6.07) is 3.54. The van der Waals surface area contributed by atoms with Gasteiger partial charge >= 0.3 is 0 Å². The summed E-state index contributed by atoms with van der Waals surface area (Å²) in [5.74, 6) is -0.237. The van der Waals surface area contributed by atoms with Crippen molar-refractivity contribution >= 4 is 55.2 Å². The monoisotopic (exact) mass is 372 g/mol. The van der Waals surface area contributed by atoms with Crippen LogP contribution in [-0.2, 0) is 0 Å². The van der Waals surface area contributed by atoms with Crippen molar-refractivity contribution in [3.05, 3.63) is 28.6 Å². The number of rotatable bonds is 1. The highest BCUT2D eigenvalue weighted by Crippen LogP contribution is 2.32. The second-order valence-corrected chi connectivity index (χ2v) is 5.33. The van der Waals surface area contributed by atoms with E-state index in [1.807, 2.05) is 6.07 Å². The summed E-state index contributed by atoms with van der Waals surface area (Å²) in [5, 5.41) is 4.91. The standard InChI is InChI=1S/C7H4BrFIN2P/c8-5-2-1-4-3-11-12(13-10)7(4)6(5)9/h1-3,13H. The fraction of sp³-hybridized carbons (Fsp3) is 0. The van der Waals surface area contributed by atoms with E-state index in [4.69, 9.17) is 0 Å². The summed E-state index contributed by atoms with van der Waals surface area (Å²) < 4.78 is 15.7. The number of hydrogen-bond acceptors (Lipinski definition) is 1. The third-order valence-electron chi connectivity index (χ3n) is 1.70. The fourth-order valence-corrected chi connectivity index (χ4v) is 2.95. The van der Waals surface area contributed by atoms with E-state index in [1.165, 1.54) is 0 Å². The molecule has 1 heterocycles. The Bertz CT molecular complexity index is 459. The van der Waals surface area contributed by atoms with E-state index in [-0.39, 0.29) is 5.82 Å². The summed E-state index contributed by atoms with van der Waals surface area (Å²) in [4.78, 5) is 0. The maximum Gasteiger partial charge on any atom is 0.163 e. The zero-order chi connectivity index (χ0) is 9.42. The van der Waals surface area contributed by atoms with Gasteiger partial charge in [-0.2, -0.15) is 5.10 Å². The van der Waals surface area contributed by atoms with Gasteiger partial charge in [-0.3, -0.25) is 0 Å². The van der Waals surface area contributed by atoms with Gasteiger partial charge in [0.2, 0.25) is 0 Å². The maximum atomic E-state index is 13.6. The second-order valence-electron chi connectivity index (χ2n) is 2.44. The van der Waals surface area contributed by atoms with E-state index in [1.54, 1.807) is 16.7 Å². The lowest BCUT2D eigenvalue weighted by Gasteiger charge is -1.99. The Morgan fingerprint density at radius 3 is 3.00 bits per heavy atom. The molecule has 0 amide bonds. The van der Waals surface area contributed by atoms with Crippen LogP contribution in [-0.4, -0.2) is 9.55 Å². The highest BCUT2D eigenvalue weighted by atomic mass is 127. The Balaban J connectivity index is 2.85. The average Bonchev–Trinajstić information content (AvgIpc) is 2.55. The smallest absolute Gasteiger partial charge is 0.163 e. The first-order chi connectivity index (χ1) is 6.24.